The molecule has 0 radical (unpaired) electrons. The third kappa shape index (κ3) is 3.54. The van der Waals surface area contributed by atoms with Crippen molar-refractivity contribution in [2.75, 3.05) is 0 Å². The highest BCUT2D eigenvalue weighted by Gasteiger charge is 2.16. The lowest BCUT2D eigenvalue weighted by atomic mass is 10.2. The van der Waals surface area contributed by atoms with E-state index in [4.69, 9.17) is 9.40 Å². The van der Waals surface area contributed by atoms with Crippen molar-refractivity contribution in [1.82, 2.24) is 29.1 Å². The van der Waals surface area contributed by atoms with E-state index in [2.05, 4.69) is 43.3 Å². The number of hydrogen-bond acceptors (Lipinski definition) is 6. The minimum absolute atomic E-state index is 0.552. The van der Waals surface area contributed by atoms with Gasteiger partial charge in [-0.05, 0) is 42.8 Å². The van der Waals surface area contributed by atoms with Gasteiger partial charge in [0.25, 0.3) is 0 Å². The first kappa shape index (κ1) is 17.7. The number of pyridine rings is 2. The number of thioether (sulfide) groups is 1. The van der Waals surface area contributed by atoms with Gasteiger partial charge in [-0.25, -0.2) is 4.98 Å². The zero-order valence-electron chi connectivity index (χ0n) is 15.8. The molecule has 8 heteroatoms. The van der Waals surface area contributed by atoms with Crippen molar-refractivity contribution < 1.29 is 4.42 Å². The molecule has 29 heavy (non-hydrogen) atoms. The van der Waals surface area contributed by atoms with E-state index in [1.165, 1.54) is 0 Å². The first-order chi connectivity index (χ1) is 14.3. The SMILES string of the molecule is Cc1cccn2cc(CSc3nnc(-c4cccnc4)n3Cc3ccco3)nc12. The molecule has 0 unspecified atom stereocenters. The molecule has 144 valence electrons. The summed E-state index contributed by atoms with van der Waals surface area (Å²) in [6.07, 6.45) is 9.29. The Balaban J connectivity index is 1.45. The number of aromatic nitrogens is 6. The van der Waals surface area contributed by atoms with Crippen molar-refractivity contribution in [3.63, 3.8) is 0 Å². The Bertz CT molecular complexity index is 1240. The minimum Gasteiger partial charge on any atom is -0.467 e. The predicted molar refractivity (Wildman–Crippen MR) is 111 cm³/mol. The van der Waals surface area contributed by atoms with Crippen LogP contribution in [0.4, 0.5) is 0 Å². The van der Waals surface area contributed by atoms with Crippen molar-refractivity contribution in [3.8, 4) is 11.4 Å². The van der Waals surface area contributed by atoms with Gasteiger partial charge < -0.3 is 8.82 Å². The first-order valence-corrected chi connectivity index (χ1v) is 10.2. The summed E-state index contributed by atoms with van der Waals surface area (Å²) in [4.78, 5) is 8.96. The van der Waals surface area contributed by atoms with Crippen LogP contribution in [0.25, 0.3) is 17.0 Å². The summed E-state index contributed by atoms with van der Waals surface area (Å²) in [6, 6.07) is 11.8. The van der Waals surface area contributed by atoms with Gasteiger partial charge in [-0.3, -0.25) is 9.55 Å². The maximum atomic E-state index is 5.55. The van der Waals surface area contributed by atoms with Crippen LogP contribution in [-0.2, 0) is 12.3 Å². The van der Waals surface area contributed by atoms with Crippen LogP contribution in [0.3, 0.4) is 0 Å². The molecule has 7 nitrogen and oxygen atoms in total. The molecule has 5 rings (SSSR count). The van der Waals surface area contributed by atoms with E-state index in [-0.39, 0.29) is 0 Å². The number of furan rings is 1. The van der Waals surface area contributed by atoms with Crippen molar-refractivity contribution in [3.05, 3.63) is 84.5 Å². The van der Waals surface area contributed by atoms with Gasteiger partial charge in [0.2, 0.25) is 0 Å². The van der Waals surface area contributed by atoms with Crippen molar-refractivity contribution in [2.24, 2.45) is 0 Å². The molecular formula is C21H18N6OS. The van der Waals surface area contributed by atoms with E-state index < -0.39 is 0 Å². The number of hydrogen-bond donors (Lipinski definition) is 0. The van der Waals surface area contributed by atoms with Crippen LogP contribution in [0.15, 0.2) is 77.0 Å². The Morgan fingerprint density at radius 2 is 2.07 bits per heavy atom. The maximum absolute atomic E-state index is 5.55. The van der Waals surface area contributed by atoms with Gasteiger partial charge in [-0.2, -0.15) is 0 Å². The molecule has 0 saturated heterocycles. The highest BCUT2D eigenvalue weighted by molar-refractivity contribution is 7.98. The van der Waals surface area contributed by atoms with Gasteiger partial charge in [-0.15, -0.1) is 10.2 Å². The van der Waals surface area contributed by atoms with Crippen LogP contribution in [0, 0.1) is 6.92 Å². The molecule has 0 aliphatic heterocycles. The summed E-state index contributed by atoms with van der Waals surface area (Å²) in [5.41, 5.74) is 4.06. The molecule has 5 aromatic rings. The fourth-order valence-corrected chi connectivity index (χ4v) is 4.04. The zero-order chi connectivity index (χ0) is 19.6. The van der Waals surface area contributed by atoms with Gasteiger partial charge in [0.15, 0.2) is 11.0 Å². The molecule has 0 N–H and O–H groups in total. The molecule has 0 amide bonds. The van der Waals surface area contributed by atoms with Gasteiger partial charge in [0.05, 0.1) is 18.5 Å². The largest absolute Gasteiger partial charge is 0.467 e. The van der Waals surface area contributed by atoms with E-state index in [0.717, 1.165) is 39.2 Å². The second-order valence-electron chi connectivity index (χ2n) is 6.66. The normalized spacial score (nSPS) is 11.3. The summed E-state index contributed by atoms with van der Waals surface area (Å²) < 4.78 is 9.66. The molecule has 0 saturated carbocycles. The number of fused-ring (bicyclic) bond motifs is 1. The summed E-state index contributed by atoms with van der Waals surface area (Å²) >= 11 is 1.61. The molecular weight excluding hydrogens is 384 g/mol. The first-order valence-electron chi connectivity index (χ1n) is 9.20. The fourth-order valence-electron chi connectivity index (χ4n) is 3.22. The second-order valence-corrected chi connectivity index (χ2v) is 7.60. The molecule has 0 atom stereocenters. The summed E-state index contributed by atoms with van der Waals surface area (Å²) in [7, 11) is 0. The minimum atomic E-state index is 0.552. The highest BCUT2D eigenvalue weighted by atomic mass is 32.2. The van der Waals surface area contributed by atoms with E-state index in [1.807, 2.05) is 36.5 Å². The Morgan fingerprint density at radius 1 is 1.10 bits per heavy atom. The number of aryl methyl sites for hydroxylation is 1. The topological polar surface area (TPSA) is 74.0 Å². The third-order valence-electron chi connectivity index (χ3n) is 4.61. The molecule has 0 bridgehead atoms. The maximum Gasteiger partial charge on any atom is 0.192 e. The smallest absolute Gasteiger partial charge is 0.192 e. The van der Waals surface area contributed by atoms with Crippen molar-refractivity contribution in [2.45, 2.75) is 24.4 Å². The van der Waals surface area contributed by atoms with Crippen LogP contribution in [0.2, 0.25) is 0 Å². The highest BCUT2D eigenvalue weighted by Crippen LogP contribution is 2.27. The lowest BCUT2D eigenvalue weighted by molar-refractivity contribution is 0.485. The lowest BCUT2D eigenvalue weighted by Gasteiger charge is -2.08. The van der Waals surface area contributed by atoms with Gasteiger partial charge in [-0.1, -0.05) is 17.8 Å². The number of nitrogens with zero attached hydrogens (tertiary/aromatic N) is 6. The number of imidazole rings is 1. The van der Waals surface area contributed by atoms with Crippen LogP contribution >= 0.6 is 11.8 Å². The average Bonchev–Trinajstić information content (AvgIpc) is 3.48. The van der Waals surface area contributed by atoms with Crippen LogP contribution in [0.5, 0.6) is 0 Å². The van der Waals surface area contributed by atoms with E-state index in [1.54, 1.807) is 30.4 Å². The predicted octanol–water partition coefficient (Wildman–Crippen LogP) is 4.23. The van der Waals surface area contributed by atoms with Crippen molar-refractivity contribution >= 4 is 17.4 Å². The van der Waals surface area contributed by atoms with E-state index in [9.17, 15) is 0 Å². The molecule has 0 fully saturated rings. The van der Waals surface area contributed by atoms with Crippen LogP contribution < -0.4 is 0 Å². The van der Waals surface area contributed by atoms with E-state index >= 15 is 0 Å². The van der Waals surface area contributed by atoms with E-state index in [0.29, 0.717) is 12.3 Å². The second kappa shape index (κ2) is 7.56. The molecule has 5 heterocycles. The van der Waals surface area contributed by atoms with Gasteiger partial charge in [0.1, 0.15) is 11.4 Å². The Morgan fingerprint density at radius 3 is 2.86 bits per heavy atom. The lowest BCUT2D eigenvalue weighted by Crippen LogP contribution is -2.03. The van der Waals surface area contributed by atoms with Gasteiger partial charge >= 0.3 is 0 Å². The van der Waals surface area contributed by atoms with Crippen molar-refractivity contribution in [1.29, 1.82) is 0 Å². The van der Waals surface area contributed by atoms with Gasteiger partial charge in [0, 0.05) is 36.1 Å². The molecule has 0 spiro atoms. The Hall–Kier alpha value is -3.39. The third-order valence-corrected chi connectivity index (χ3v) is 5.61. The summed E-state index contributed by atoms with van der Waals surface area (Å²) in [6.45, 7) is 2.62. The standard InChI is InChI=1S/C21H18N6OS/c1-15-5-3-9-26-12-17(23-19(15)26)14-29-21-25-24-20(16-6-2-8-22-11-16)27(21)13-18-7-4-10-28-18/h2-12H,13-14H2,1H3. The quantitative estimate of drug-likeness (QED) is 0.396. The molecule has 0 aromatic carbocycles. The van der Waals surface area contributed by atoms with Crippen LogP contribution in [0.1, 0.15) is 17.0 Å². The molecule has 0 aliphatic carbocycles. The Labute approximate surface area is 171 Å². The zero-order valence-corrected chi connectivity index (χ0v) is 16.6. The number of rotatable bonds is 6. The fraction of sp³-hybridized carbons (Fsp3) is 0.143. The molecule has 0 aliphatic rings. The monoisotopic (exact) mass is 402 g/mol. The summed E-state index contributed by atoms with van der Waals surface area (Å²) in [5.74, 6) is 2.31. The Kier molecular flexibility index (Phi) is 4.61. The molecule has 5 aromatic heterocycles. The summed E-state index contributed by atoms with van der Waals surface area (Å²) in [5, 5.41) is 9.67. The average molecular weight is 402 g/mol. The van der Waals surface area contributed by atoms with Crippen LogP contribution in [-0.4, -0.2) is 29.1 Å².